The van der Waals surface area contributed by atoms with Crippen molar-refractivity contribution >= 4 is 931 Å². The molecule has 0 aliphatic heterocycles. The van der Waals surface area contributed by atoms with E-state index in [2.05, 4.69) is 98.0 Å². The Kier molecular flexibility index (Phi) is 128. The fraction of sp³-hybridized carbons (Fsp3) is 0.111. The van der Waals surface area contributed by atoms with Crippen molar-refractivity contribution < 1.29 is 0 Å². The van der Waals surface area contributed by atoms with Crippen LogP contribution in [0.4, 0.5) is 11.4 Å². The smallest absolute Gasteiger partial charge is 0.0384 e. The minimum atomic E-state index is 0.00345. The molecular weight excluding hydrogens is 3640 g/mol. The molecule has 131 heavy (non-hydrogen) atoms. The molecule has 0 saturated carbocycles. The molecule has 4 aromatic rings. The lowest BCUT2D eigenvalue weighted by Crippen LogP contribution is -2.16. The van der Waals surface area contributed by atoms with Gasteiger partial charge >= 0.3 is 0 Å². The highest BCUT2D eigenvalue weighted by Crippen LogP contribution is 2.52. The Morgan fingerprint density at radius 2 is 0.305 bits per heavy atom. The Hall–Kier alpha value is 19.3. The van der Waals surface area contributed by atoms with Gasteiger partial charge in [0.15, 0.2) is 0 Å². The number of hydrogen-bond acceptors (Lipinski definition) is 3. The highest BCUT2D eigenvalue weighted by molar-refractivity contribution is 8.88. The zero-order valence-corrected chi connectivity index (χ0v) is 142. The molecule has 5 rings (SSSR count). The second-order valence-corrected chi connectivity index (χ2v) is 194. The Labute approximate surface area is 1050 Å². The minimum absolute atomic E-state index is 0.00345. The molecule has 1 aliphatic carbocycles. The van der Waals surface area contributed by atoms with E-state index in [0.717, 1.165) is 11.4 Å². The molecule has 4 aromatic carbocycles. The van der Waals surface area contributed by atoms with Gasteiger partial charge in [-0.2, -0.15) is 0 Å². The maximum Gasteiger partial charge on any atom is 0.0384 e. The van der Waals surface area contributed by atoms with E-state index in [4.69, 9.17) is 22.4 Å². The zero-order chi connectivity index (χ0) is 92.6. The Morgan fingerprint density at radius 1 is 0.153 bits per heavy atom. The molecule has 0 bridgehead atoms. The van der Waals surface area contributed by atoms with Gasteiger partial charge in [-0.25, -0.2) is 0 Å². The number of hydrogen-bond donors (Lipinski definition) is 1. The summed E-state index contributed by atoms with van der Waals surface area (Å²) in [6, 6.07) is 34.6. The highest BCUT2D eigenvalue weighted by atomic mass is 33.6. The first-order valence-electron chi connectivity index (χ1n) is 26.8. The van der Waals surface area contributed by atoms with E-state index in [-0.39, 0.29) is 5.41 Å². The Balaban J connectivity index is 0.00000106. The normalized spacial score (nSPS) is 9.11. The molecular formula is C27H23NS103. The van der Waals surface area contributed by atoms with Gasteiger partial charge in [-0.05, 0) is 57.6 Å². The molecule has 0 heterocycles. The maximum absolute atomic E-state index is 4.83. The zero-order valence-electron chi connectivity index (χ0n) is 58.3. The Morgan fingerprint density at radius 3 is 0.496 bits per heavy atom. The van der Waals surface area contributed by atoms with Crippen LogP contribution < -0.4 is 5.32 Å². The molecule has 0 radical (unpaired) electrons. The summed E-state index contributed by atoms with van der Waals surface area (Å²) in [6.07, 6.45) is 0. The van der Waals surface area contributed by atoms with Crippen molar-refractivity contribution in [3.05, 3.63) is 108 Å². The lowest BCUT2D eigenvalue weighted by Gasteiger charge is -2.24. The van der Waals surface area contributed by atoms with Crippen LogP contribution in [0.3, 0.4) is 0 Å². The van der Waals surface area contributed by atoms with Crippen molar-refractivity contribution in [3.63, 3.8) is 0 Å². The van der Waals surface area contributed by atoms with Gasteiger partial charge in [0.05, 0.1) is 0 Å². The van der Waals surface area contributed by atoms with Gasteiger partial charge in [0.25, 0.3) is 0 Å². The van der Waals surface area contributed by atoms with E-state index in [1.54, 1.807) is 107 Å². The van der Waals surface area contributed by atoms with Crippen molar-refractivity contribution in [3.8, 4) is 22.3 Å². The number of anilines is 2. The fourth-order valence-electron chi connectivity index (χ4n) is 5.63. The van der Waals surface area contributed by atoms with Crippen LogP contribution in [0.2, 0.25) is 0 Å². The quantitative estimate of drug-likeness (QED) is 0.234. The van der Waals surface area contributed by atoms with Crippen LogP contribution >= 0.6 is 0 Å². The summed E-state index contributed by atoms with van der Waals surface area (Å²) < 4.78 is 0. The molecule has 0 saturated heterocycles. The third kappa shape index (κ3) is 93.4. The average Bonchev–Trinajstić information content (AvgIpc) is 1.56. The van der Waals surface area contributed by atoms with E-state index in [1.165, 1.54) is 51.1 Å². The third-order valence-corrected chi connectivity index (χ3v) is 231. The van der Waals surface area contributed by atoms with Gasteiger partial charge in [-0.3, -0.25) is 0 Å². The predicted molar refractivity (Wildman–Crippen MR) is 878 cm³/mol. The molecule has 1 nitrogen and oxygen atoms in total. The van der Waals surface area contributed by atoms with Crippen LogP contribution in [0.15, 0.2) is 97.1 Å². The average molecular weight is 3660 g/mol. The molecule has 0 spiro atoms. The van der Waals surface area contributed by atoms with Crippen LogP contribution in [0.5, 0.6) is 0 Å². The molecule has 1 N–H and O–H groups in total. The number of rotatable bonds is 3. The highest BCUT2D eigenvalue weighted by Gasteiger charge is 2.37. The van der Waals surface area contributed by atoms with Crippen molar-refractivity contribution in [1.29, 1.82) is 0 Å². The second-order valence-electron chi connectivity index (χ2n) is 14.8. The maximum atomic E-state index is 4.83. The molecule has 104 heteroatoms. The summed E-state index contributed by atoms with van der Waals surface area (Å²) in [4.78, 5) is 0. The van der Waals surface area contributed by atoms with Crippen LogP contribution in [0, 0.1) is 0 Å². The van der Waals surface area contributed by atoms with Crippen molar-refractivity contribution in [2.75, 3.05) is 5.32 Å². The van der Waals surface area contributed by atoms with Crippen LogP contribution in [-0.2, 0) is 925 Å². The van der Waals surface area contributed by atoms with Gasteiger partial charge in [0.1, 0.15) is 0 Å². The predicted octanol–water partition coefficient (Wildman–Crippen LogP) is 7.16. The summed E-state index contributed by atoms with van der Waals surface area (Å²) in [5, 5.41) is 3.47. The van der Waals surface area contributed by atoms with Crippen molar-refractivity contribution in [2.45, 2.75) is 19.3 Å². The molecule has 0 amide bonds. The van der Waals surface area contributed by atoms with E-state index < -0.39 is 0 Å². The van der Waals surface area contributed by atoms with Gasteiger partial charge in [-0.1, -0.05) is 86.6 Å². The lowest BCUT2D eigenvalue weighted by molar-refractivity contribution is 0.662. The van der Waals surface area contributed by atoms with Crippen LogP contribution in [-0.4, -0.2) is 0 Å². The SMILES string of the molecule is CC1(C)c2ccccc2-c2cccc(-c3ccc(Nc4ccccc4)cc3)c21.S=S=S=S=S=S=S=S=S=S=S=S=S=S=S=S=S=S=S=S=S=S=S=S=S=S=S=S=S=S=S=S=S=S=S=S=S=S=S=S=S=S=S=S=S=S=S=S=S=S=S=S=S=S=S=S=S=S=S=S=S=S=S=S=S=S=S=S=S=S=S=S=S=S=S=S=S=S=S=S=S=S=S=S=S=S=S=S=S=S=S=S=S=S=S=S=S=S=S=S=S=S=S. The fourth-order valence-corrected chi connectivity index (χ4v) is 277. The summed E-state index contributed by atoms with van der Waals surface area (Å²) in [5.41, 5.74) is 10.4. The minimum Gasteiger partial charge on any atom is -0.356 e. The van der Waals surface area contributed by atoms with E-state index in [1.807, 2.05) is 791 Å². The molecule has 0 fully saturated rings. The first-order valence-corrected chi connectivity index (χ1v) is 163. The van der Waals surface area contributed by atoms with Crippen molar-refractivity contribution in [1.82, 2.24) is 0 Å². The van der Waals surface area contributed by atoms with Gasteiger partial charge in [0, 0.05) is 936 Å². The second kappa shape index (κ2) is 117. The number of para-hydroxylation sites is 1. The summed E-state index contributed by atoms with van der Waals surface area (Å²) in [7, 11) is 183. The monoisotopic (exact) mass is 3650 g/mol. The van der Waals surface area contributed by atoms with Gasteiger partial charge < -0.3 is 5.32 Å². The van der Waals surface area contributed by atoms with E-state index >= 15 is 0 Å². The number of benzene rings is 4. The summed E-state index contributed by atoms with van der Waals surface area (Å²) in [5.74, 6) is 0. The number of nitrogens with one attached hydrogen (secondary N) is 1. The lowest BCUT2D eigenvalue weighted by atomic mass is 9.79. The molecule has 0 unspecified atom stereocenters. The molecule has 0 atom stereocenters. The van der Waals surface area contributed by atoms with Gasteiger partial charge in [-0.15, -0.1) is 0 Å². The molecule has 754 valence electrons. The standard InChI is InChI=1S/C27H23N.S103/c1-27(2)25-14-7-6-11-23(25)24-13-8-12-22(26(24)27)19-15-17-21(18-16-19)28-20-9-4-3-5-10-20;1-3-5-7-9-11-13-15-17-19-21-23-25-27-29-31-33-35-37-39-41-43-45-47-49-51-53-55-57-59-61-63-65-67-69-71-73-75-77-79-81-83-85-87-89-91-93-95-97-99-101-103-102-100-98-96-94-92-90-88-86-84-82-80-78-76-74-72-70-68-66-64-62-60-58-56-54-52-50-48-46-44-42-40-38-36-34-32-30-28-26-24-22-20-18-16-14-12-10-8-6-4-2/h3-18,28H,1-2H3;. The van der Waals surface area contributed by atoms with E-state index in [9.17, 15) is 0 Å². The van der Waals surface area contributed by atoms with Crippen molar-refractivity contribution in [2.24, 2.45) is 0 Å². The largest absolute Gasteiger partial charge is 0.356 e. The first kappa shape index (κ1) is 143. The first-order chi connectivity index (χ1) is 65.1. The summed E-state index contributed by atoms with van der Waals surface area (Å²) >= 11 is 9.66. The third-order valence-electron chi connectivity index (χ3n) is 8.62. The van der Waals surface area contributed by atoms with Crippen LogP contribution in [0.1, 0.15) is 25.0 Å². The Bertz CT molecular complexity index is 9750. The topological polar surface area (TPSA) is 12.0 Å². The van der Waals surface area contributed by atoms with Crippen LogP contribution in [0.25, 0.3) is 22.3 Å². The summed E-state index contributed by atoms with van der Waals surface area (Å²) in [6.45, 7) is 4.68. The number of fused-ring (bicyclic) bond motifs is 3. The van der Waals surface area contributed by atoms with Gasteiger partial charge in [0.2, 0.25) is 0 Å². The molecule has 0 aromatic heterocycles. The molecule has 1 aliphatic rings. The van der Waals surface area contributed by atoms with E-state index in [0.29, 0.717) is 0 Å².